The van der Waals surface area contributed by atoms with E-state index in [0.717, 1.165) is 10.0 Å². The zero-order valence-corrected chi connectivity index (χ0v) is 12.2. The average Bonchev–Trinajstić information content (AvgIpc) is 2.35. The van der Waals surface area contributed by atoms with Crippen molar-refractivity contribution in [2.75, 3.05) is 0 Å². The van der Waals surface area contributed by atoms with Gasteiger partial charge in [-0.05, 0) is 36.6 Å². The van der Waals surface area contributed by atoms with E-state index >= 15 is 0 Å². The number of halogens is 1. The Bertz CT molecular complexity index is 552. The van der Waals surface area contributed by atoms with Crippen LogP contribution in [0.3, 0.4) is 0 Å². The van der Waals surface area contributed by atoms with Gasteiger partial charge in [0.25, 0.3) is 0 Å². The van der Waals surface area contributed by atoms with Crippen LogP contribution < -0.4 is 11.3 Å². The van der Waals surface area contributed by atoms with Gasteiger partial charge in [-0.3, -0.25) is 5.84 Å². The predicted molar refractivity (Wildman–Crippen MR) is 79.2 cm³/mol. The van der Waals surface area contributed by atoms with Crippen molar-refractivity contribution in [1.82, 2.24) is 5.43 Å². The number of hydrogen-bond acceptors (Lipinski definition) is 2. The summed E-state index contributed by atoms with van der Waals surface area (Å²) in [7, 11) is 0. The van der Waals surface area contributed by atoms with Gasteiger partial charge in [0.15, 0.2) is 0 Å². The molecular formula is C15H17BrN2. The smallest absolute Gasteiger partial charge is 0.0710 e. The Morgan fingerprint density at radius 3 is 2.39 bits per heavy atom. The summed E-state index contributed by atoms with van der Waals surface area (Å²) < 4.78 is 1.10. The first-order valence-corrected chi connectivity index (χ1v) is 6.70. The monoisotopic (exact) mass is 304 g/mol. The molecule has 1 atom stereocenters. The molecule has 18 heavy (non-hydrogen) atoms. The first kappa shape index (κ1) is 13.3. The van der Waals surface area contributed by atoms with Crippen molar-refractivity contribution in [1.29, 1.82) is 0 Å². The highest BCUT2D eigenvalue weighted by atomic mass is 79.9. The Kier molecular flexibility index (Phi) is 4.17. The van der Waals surface area contributed by atoms with Crippen LogP contribution in [0.2, 0.25) is 0 Å². The standard InChI is InChI=1S/C15H17BrN2/c1-10-4-3-5-12(8-10)15(18-17)13-7-6-11(2)14(16)9-13/h3-9,15,18H,17H2,1-2H3. The molecule has 3 N–H and O–H groups in total. The van der Waals surface area contributed by atoms with E-state index < -0.39 is 0 Å². The van der Waals surface area contributed by atoms with Crippen LogP contribution in [0.15, 0.2) is 46.9 Å². The van der Waals surface area contributed by atoms with Crippen molar-refractivity contribution in [3.05, 3.63) is 69.2 Å². The highest BCUT2D eigenvalue weighted by Gasteiger charge is 2.13. The number of aryl methyl sites for hydroxylation is 2. The second-order valence-corrected chi connectivity index (χ2v) is 5.38. The lowest BCUT2D eigenvalue weighted by Crippen LogP contribution is -2.28. The summed E-state index contributed by atoms with van der Waals surface area (Å²) in [6.07, 6.45) is 0. The van der Waals surface area contributed by atoms with Crippen molar-refractivity contribution in [2.24, 2.45) is 5.84 Å². The zero-order chi connectivity index (χ0) is 13.1. The van der Waals surface area contributed by atoms with Crippen LogP contribution in [-0.4, -0.2) is 0 Å². The van der Waals surface area contributed by atoms with Gasteiger partial charge >= 0.3 is 0 Å². The molecule has 2 aromatic rings. The maximum Gasteiger partial charge on any atom is 0.0710 e. The van der Waals surface area contributed by atoms with E-state index in [0.29, 0.717) is 0 Å². The van der Waals surface area contributed by atoms with Gasteiger partial charge in [0.2, 0.25) is 0 Å². The van der Waals surface area contributed by atoms with Crippen LogP contribution >= 0.6 is 15.9 Å². The zero-order valence-electron chi connectivity index (χ0n) is 10.6. The van der Waals surface area contributed by atoms with Crippen molar-refractivity contribution >= 4 is 15.9 Å². The molecule has 2 nitrogen and oxygen atoms in total. The summed E-state index contributed by atoms with van der Waals surface area (Å²) in [5.74, 6) is 5.71. The summed E-state index contributed by atoms with van der Waals surface area (Å²) in [5.41, 5.74) is 7.67. The molecule has 0 fully saturated rings. The Labute approximate surface area is 116 Å². The van der Waals surface area contributed by atoms with Crippen LogP contribution in [0.1, 0.15) is 28.3 Å². The van der Waals surface area contributed by atoms with Gasteiger partial charge in [0.05, 0.1) is 6.04 Å². The van der Waals surface area contributed by atoms with E-state index in [1.165, 1.54) is 16.7 Å². The van der Waals surface area contributed by atoms with Gasteiger partial charge in [-0.25, -0.2) is 5.43 Å². The van der Waals surface area contributed by atoms with Crippen LogP contribution in [0.4, 0.5) is 0 Å². The van der Waals surface area contributed by atoms with Crippen LogP contribution in [0.25, 0.3) is 0 Å². The van der Waals surface area contributed by atoms with Crippen molar-refractivity contribution < 1.29 is 0 Å². The number of benzene rings is 2. The Balaban J connectivity index is 2.42. The molecule has 0 heterocycles. The fourth-order valence-corrected chi connectivity index (χ4v) is 2.42. The Morgan fingerprint density at radius 2 is 1.78 bits per heavy atom. The van der Waals surface area contributed by atoms with Crippen LogP contribution in [-0.2, 0) is 0 Å². The minimum atomic E-state index is 0.0156. The molecule has 2 aromatic carbocycles. The topological polar surface area (TPSA) is 38.0 Å². The summed E-state index contributed by atoms with van der Waals surface area (Å²) in [6.45, 7) is 4.16. The SMILES string of the molecule is Cc1cccc(C(NN)c2ccc(C)c(Br)c2)c1. The highest BCUT2D eigenvalue weighted by Crippen LogP contribution is 2.26. The first-order valence-electron chi connectivity index (χ1n) is 5.90. The predicted octanol–water partition coefficient (Wildman–Crippen LogP) is 3.62. The number of hydrogen-bond donors (Lipinski definition) is 2. The molecule has 0 aliphatic heterocycles. The molecular weight excluding hydrogens is 288 g/mol. The fourth-order valence-electron chi connectivity index (χ4n) is 2.02. The number of rotatable bonds is 3. The van der Waals surface area contributed by atoms with Crippen molar-refractivity contribution in [2.45, 2.75) is 19.9 Å². The third kappa shape index (κ3) is 2.80. The van der Waals surface area contributed by atoms with Gasteiger partial charge in [0.1, 0.15) is 0 Å². The molecule has 0 aliphatic rings. The molecule has 0 bridgehead atoms. The quantitative estimate of drug-likeness (QED) is 0.671. The van der Waals surface area contributed by atoms with Crippen molar-refractivity contribution in [3.63, 3.8) is 0 Å². The first-order chi connectivity index (χ1) is 8.61. The van der Waals surface area contributed by atoms with E-state index in [9.17, 15) is 0 Å². The molecule has 0 saturated carbocycles. The summed E-state index contributed by atoms with van der Waals surface area (Å²) in [6, 6.07) is 14.7. The van der Waals surface area contributed by atoms with E-state index in [4.69, 9.17) is 5.84 Å². The lowest BCUT2D eigenvalue weighted by molar-refractivity contribution is 0.636. The van der Waals surface area contributed by atoms with Crippen molar-refractivity contribution in [3.8, 4) is 0 Å². The summed E-state index contributed by atoms with van der Waals surface area (Å²) in [5, 5.41) is 0. The lowest BCUT2D eigenvalue weighted by atomic mass is 9.97. The van der Waals surface area contributed by atoms with E-state index in [2.05, 4.69) is 77.7 Å². The van der Waals surface area contributed by atoms with Gasteiger partial charge < -0.3 is 0 Å². The van der Waals surface area contributed by atoms with Gasteiger partial charge in [-0.15, -0.1) is 0 Å². The highest BCUT2D eigenvalue weighted by molar-refractivity contribution is 9.10. The molecule has 1 unspecified atom stereocenters. The molecule has 0 saturated heterocycles. The lowest BCUT2D eigenvalue weighted by Gasteiger charge is -2.18. The molecule has 0 spiro atoms. The van der Waals surface area contributed by atoms with E-state index in [1.54, 1.807) is 0 Å². The Morgan fingerprint density at radius 1 is 1.06 bits per heavy atom. The maximum atomic E-state index is 5.71. The molecule has 94 valence electrons. The second kappa shape index (κ2) is 5.65. The van der Waals surface area contributed by atoms with Crippen LogP contribution in [0, 0.1) is 13.8 Å². The van der Waals surface area contributed by atoms with E-state index in [1.807, 2.05) is 0 Å². The van der Waals surface area contributed by atoms with Gasteiger partial charge in [-0.2, -0.15) is 0 Å². The molecule has 3 heteroatoms. The third-order valence-electron chi connectivity index (χ3n) is 3.07. The molecule has 2 rings (SSSR count). The van der Waals surface area contributed by atoms with Gasteiger partial charge in [0, 0.05) is 4.47 Å². The third-order valence-corrected chi connectivity index (χ3v) is 3.93. The summed E-state index contributed by atoms with van der Waals surface area (Å²) in [4.78, 5) is 0. The van der Waals surface area contributed by atoms with Crippen LogP contribution in [0.5, 0.6) is 0 Å². The maximum absolute atomic E-state index is 5.71. The molecule has 0 radical (unpaired) electrons. The molecule has 0 amide bonds. The minimum Gasteiger partial charge on any atom is -0.271 e. The normalized spacial score (nSPS) is 12.4. The van der Waals surface area contributed by atoms with E-state index in [-0.39, 0.29) is 6.04 Å². The minimum absolute atomic E-state index is 0.0156. The number of nitrogens with two attached hydrogens (primary N) is 1. The number of nitrogens with one attached hydrogen (secondary N) is 1. The second-order valence-electron chi connectivity index (χ2n) is 4.52. The summed E-state index contributed by atoms with van der Waals surface area (Å²) >= 11 is 3.56. The van der Waals surface area contributed by atoms with Gasteiger partial charge in [-0.1, -0.05) is 57.9 Å². The molecule has 0 aromatic heterocycles. The average molecular weight is 305 g/mol. The fraction of sp³-hybridized carbons (Fsp3) is 0.200. The molecule has 0 aliphatic carbocycles. The largest absolute Gasteiger partial charge is 0.271 e. The number of hydrazine groups is 1. The Hall–Kier alpha value is -1.16.